The summed E-state index contributed by atoms with van der Waals surface area (Å²) in [5.74, 6) is 0.238. The molecule has 5 aliphatic rings. The molecule has 4 N–H and O–H groups in total. The van der Waals surface area contributed by atoms with Crippen molar-refractivity contribution in [1.29, 1.82) is 0 Å². The van der Waals surface area contributed by atoms with Crippen molar-refractivity contribution < 1.29 is 33.8 Å². The molecule has 320 valence electrons. The van der Waals surface area contributed by atoms with Crippen LogP contribution in [0.4, 0.5) is 0 Å². The highest BCUT2D eigenvalue weighted by molar-refractivity contribution is 5.94. The lowest BCUT2D eigenvalue weighted by molar-refractivity contribution is -0.249. The molecule has 0 unspecified atom stereocenters. The Bertz CT molecular complexity index is 1800. The van der Waals surface area contributed by atoms with E-state index in [-0.39, 0.29) is 57.8 Å². The largest absolute Gasteiger partial charge is 0.481 e. The quantitative estimate of drug-likeness (QED) is 0.0945. The Morgan fingerprint density at radius 3 is 2.10 bits per heavy atom. The van der Waals surface area contributed by atoms with Gasteiger partial charge in [-0.3, -0.25) is 24.0 Å². The fourth-order valence-corrected chi connectivity index (χ4v) is 14.0. The van der Waals surface area contributed by atoms with E-state index in [0.717, 1.165) is 69.8 Å². The van der Waals surface area contributed by atoms with Crippen molar-refractivity contribution in [2.45, 2.75) is 146 Å². The van der Waals surface area contributed by atoms with E-state index in [9.17, 15) is 29.1 Å². The van der Waals surface area contributed by atoms with E-state index in [2.05, 4.69) is 64.1 Å². The van der Waals surface area contributed by atoms with E-state index in [0.29, 0.717) is 48.9 Å². The number of hydrogen-bond acceptors (Lipinski definition) is 6. The first-order valence-electron chi connectivity index (χ1n) is 22.0. The van der Waals surface area contributed by atoms with Crippen LogP contribution in [0.15, 0.2) is 36.4 Å². The van der Waals surface area contributed by atoms with Crippen LogP contribution in [0.3, 0.4) is 0 Å². The van der Waals surface area contributed by atoms with Crippen LogP contribution in [0, 0.1) is 62.1 Å². The lowest BCUT2D eigenvalue weighted by Gasteiger charge is -2.72. The summed E-state index contributed by atoms with van der Waals surface area (Å²) >= 11 is 0. The van der Waals surface area contributed by atoms with Crippen LogP contribution in [-0.4, -0.2) is 54.0 Å². The van der Waals surface area contributed by atoms with Gasteiger partial charge < -0.3 is 25.8 Å². The van der Waals surface area contributed by atoms with Gasteiger partial charge >= 0.3 is 11.9 Å². The second-order valence-electron chi connectivity index (χ2n) is 21.2. The zero-order valence-corrected chi connectivity index (χ0v) is 36.8. The van der Waals surface area contributed by atoms with E-state index in [1.807, 2.05) is 12.1 Å². The molecule has 3 amide bonds. The van der Waals surface area contributed by atoms with Crippen molar-refractivity contribution >= 4 is 29.7 Å². The molecule has 0 aliphatic heterocycles. The number of allylic oxidation sites excluding steroid dienone is 1. The zero-order valence-electron chi connectivity index (χ0n) is 36.8. The number of carboxylic acid groups (broad SMARTS) is 1. The molecule has 10 atom stereocenters. The highest BCUT2D eigenvalue weighted by Gasteiger charge is 2.72. The maximum Gasteiger partial charge on any atom is 0.309 e. The first-order valence-corrected chi connectivity index (χ1v) is 22.0. The van der Waals surface area contributed by atoms with Crippen LogP contribution >= 0.6 is 0 Å². The van der Waals surface area contributed by atoms with Gasteiger partial charge in [0.05, 0.1) is 17.3 Å². The molecular weight excluding hydrogens is 731 g/mol. The smallest absolute Gasteiger partial charge is 0.309 e. The normalized spacial score (nSPS) is 36.2. The van der Waals surface area contributed by atoms with Crippen LogP contribution in [0.25, 0.3) is 0 Å². The summed E-state index contributed by atoms with van der Waals surface area (Å²) < 4.78 is 6.18. The van der Waals surface area contributed by atoms with Crippen molar-refractivity contribution in [3.8, 4) is 0 Å². The summed E-state index contributed by atoms with van der Waals surface area (Å²) in [7, 11) is 0. The lowest BCUT2D eigenvalue weighted by atomic mass is 9.32. The molecule has 10 nitrogen and oxygen atoms in total. The summed E-state index contributed by atoms with van der Waals surface area (Å²) in [6, 6.07) is 7.37. The van der Waals surface area contributed by atoms with Gasteiger partial charge in [-0.15, -0.1) is 0 Å². The van der Waals surface area contributed by atoms with Crippen molar-refractivity contribution in [3.05, 3.63) is 47.5 Å². The average Bonchev–Trinajstić information content (AvgIpc) is 3.55. The number of hydrogen-bond donors (Lipinski definition) is 4. The molecule has 0 spiro atoms. The molecular formula is C48H71N3O7. The Balaban J connectivity index is 1.17. The molecule has 5 aliphatic carbocycles. The summed E-state index contributed by atoms with van der Waals surface area (Å²) in [6.45, 7) is 24.6. The number of rotatable bonds is 12. The number of carbonyl (C=O) groups excluding carboxylic acids is 4. The third-order valence-corrected chi connectivity index (χ3v) is 17.4. The summed E-state index contributed by atoms with van der Waals surface area (Å²) in [4.78, 5) is 63.3. The molecule has 1 aromatic carbocycles. The molecule has 10 heteroatoms. The Morgan fingerprint density at radius 2 is 1.47 bits per heavy atom. The minimum absolute atomic E-state index is 0.0603. The second kappa shape index (κ2) is 15.7. The van der Waals surface area contributed by atoms with Crippen molar-refractivity contribution in [1.82, 2.24) is 16.0 Å². The number of nitrogens with one attached hydrogen (secondary N) is 3. The zero-order chi connectivity index (χ0) is 42.6. The lowest BCUT2D eigenvalue weighted by Crippen LogP contribution is -2.67. The average molecular weight is 802 g/mol. The van der Waals surface area contributed by atoms with Gasteiger partial charge in [0.15, 0.2) is 0 Å². The van der Waals surface area contributed by atoms with Gasteiger partial charge in [-0.05, 0) is 149 Å². The van der Waals surface area contributed by atoms with E-state index >= 15 is 0 Å². The fourth-order valence-electron chi connectivity index (χ4n) is 14.0. The SMILES string of the molecule is C=C(C)[C@@H]1CC[C@]2(C(=O)NCc3ccc(C(=O)NCCNC(C)=O)cc3)CC[C@]3(C)[C@H](CC[C@@H]4[C@@]5(C)CC[C@H](OC(=O)CC(C)(C)C(=O)O)C(C)(C)[C@@H]5CC[C@]43C)[C@@H]12. The Kier molecular flexibility index (Phi) is 11.9. The molecule has 0 radical (unpaired) electrons. The molecule has 0 heterocycles. The van der Waals surface area contributed by atoms with E-state index in [1.165, 1.54) is 12.5 Å². The maximum atomic E-state index is 14.7. The number of aliphatic carboxylic acids is 1. The third kappa shape index (κ3) is 7.41. The molecule has 58 heavy (non-hydrogen) atoms. The number of carbonyl (C=O) groups is 5. The standard InChI is InChI=1S/C48H71N3O7/c1-29(2)33-17-22-48(41(55)51-28-31-11-13-32(14-12-31)40(54)50-26-25-49-30(3)52)24-23-46(9)34(39(33)48)15-16-36-45(8)20-19-37(58-38(53)27-43(4,5)42(56)57)44(6,7)35(45)18-21-47(36,46)10/h11-14,33-37,39H,1,15-28H2,2-10H3,(H,49,52)(H,50,54)(H,51,55)(H,56,57)/t33-,34+,35-,36+,37-,39+,45-,46+,47+,48-/m0/s1. The van der Waals surface area contributed by atoms with E-state index in [4.69, 9.17) is 4.74 Å². The summed E-state index contributed by atoms with van der Waals surface area (Å²) in [6.07, 6.45) is 9.53. The van der Waals surface area contributed by atoms with E-state index < -0.39 is 22.8 Å². The maximum absolute atomic E-state index is 14.7. The minimum Gasteiger partial charge on any atom is -0.481 e. The molecule has 1 aromatic rings. The molecule has 0 aromatic heterocycles. The first kappa shape index (κ1) is 43.9. The molecule has 5 fully saturated rings. The van der Waals surface area contributed by atoms with Gasteiger partial charge in [-0.2, -0.15) is 0 Å². The number of esters is 1. The summed E-state index contributed by atoms with van der Waals surface area (Å²) in [5.41, 5.74) is 1.05. The van der Waals surface area contributed by atoms with Gasteiger partial charge in [0.2, 0.25) is 11.8 Å². The fraction of sp³-hybridized carbons (Fsp3) is 0.729. The van der Waals surface area contributed by atoms with Crippen molar-refractivity contribution in [2.75, 3.05) is 13.1 Å². The van der Waals surface area contributed by atoms with Gasteiger partial charge in [-0.1, -0.05) is 58.9 Å². The van der Waals surface area contributed by atoms with E-state index in [1.54, 1.807) is 26.0 Å². The van der Waals surface area contributed by atoms with Gasteiger partial charge in [0, 0.05) is 37.5 Å². The second-order valence-corrected chi connectivity index (χ2v) is 21.2. The predicted octanol–water partition coefficient (Wildman–Crippen LogP) is 8.24. The predicted molar refractivity (Wildman–Crippen MR) is 224 cm³/mol. The Labute approximate surface area is 346 Å². The number of fused-ring (bicyclic) bond motifs is 7. The number of amides is 3. The van der Waals surface area contributed by atoms with Crippen LogP contribution in [0.1, 0.15) is 149 Å². The van der Waals surface area contributed by atoms with Crippen LogP contribution in [0.5, 0.6) is 0 Å². The number of ether oxygens (including phenoxy) is 1. The monoisotopic (exact) mass is 802 g/mol. The Hall–Kier alpha value is -3.69. The first-order chi connectivity index (χ1) is 27.0. The van der Waals surface area contributed by atoms with Gasteiger partial charge in [-0.25, -0.2) is 0 Å². The van der Waals surface area contributed by atoms with Crippen LogP contribution in [-0.2, 0) is 30.5 Å². The van der Waals surface area contributed by atoms with Crippen molar-refractivity contribution in [3.63, 3.8) is 0 Å². The molecule has 5 saturated carbocycles. The molecule has 6 rings (SSSR count). The summed E-state index contributed by atoms with van der Waals surface area (Å²) in [5, 5.41) is 18.5. The molecule has 0 saturated heterocycles. The van der Waals surface area contributed by atoms with Crippen LogP contribution < -0.4 is 16.0 Å². The number of benzene rings is 1. The van der Waals surface area contributed by atoms with Gasteiger partial charge in [0.25, 0.3) is 5.91 Å². The van der Waals surface area contributed by atoms with Crippen LogP contribution in [0.2, 0.25) is 0 Å². The minimum atomic E-state index is -1.17. The Morgan fingerprint density at radius 1 is 0.793 bits per heavy atom. The highest BCUT2D eigenvalue weighted by Crippen LogP contribution is 2.77. The molecule has 0 bridgehead atoms. The van der Waals surface area contributed by atoms with Crippen molar-refractivity contribution in [2.24, 2.45) is 62.1 Å². The highest BCUT2D eigenvalue weighted by atomic mass is 16.5. The topological polar surface area (TPSA) is 151 Å². The van der Waals surface area contributed by atoms with Gasteiger partial charge in [0.1, 0.15) is 6.10 Å². The number of carboxylic acids is 1. The third-order valence-electron chi connectivity index (χ3n) is 17.4.